The summed E-state index contributed by atoms with van der Waals surface area (Å²) in [7, 11) is 1.76. The predicted octanol–water partition coefficient (Wildman–Crippen LogP) is 1.59. The number of benzene rings is 1. The molecule has 1 aromatic carbocycles. The average Bonchev–Trinajstić information content (AvgIpc) is 3.00. The normalized spacial score (nSPS) is 32.1. The molecule has 3 amide bonds. The van der Waals surface area contributed by atoms with E-state index in [1.807, 2.05) is 31.2 Å². The molecule has 3 aliphatic rings. The zero-order valence-electron chi connectivity index (χ0n) is 15.2. The highest BCUT2D eigenvalue weighted by atomic mass is 35.5. The van der Waals surface area contributed by atoms with Crippen molar-refractivity contribution in [2.24, 2.45) is 5.92 Å². The van der Waals surface area contributed by atoms with Gasteiger partial charge in [0.1, 0.15) is 18.5 Å². The molecule has 1 N–H and O–H groups in total. The summed E-state index contributed by atoms with van der Waals surface area (Å²) in [5.74, 6) is 0.286. The van der Waals surface area contributed by atoms with Crippen molar-refractivity contribution in [3.63, 3.8) is 0 Å². The van der Waals surface area contributed by atoms with Crippen molar-refractivity contribution in [1.82, 2.24) is 20.0 Å². The molecule has 3 heterocycles. The van der Waals surface area contributed by atoms with Crippen LogP contribution in [0.25, 0.3) is 0 Å². The van der Waals surface area contributed by atoms with Crippen molar-refractivity contribution in [2.45, 2.75) is 32.3 Å². The van der Waals surface area contributed by atoms with Crippen LogP contribution >= 0.6 is 11.6 Å². The Balaban J connectivity index is 1.69. The van der Waals surface area contributed by atoms with Crippen LogP contribution in [0.5, 0.6) is 0 Å². The standard InChI is InChI=1S/C18H24ClN5O2/c1-4-22-16(25)14-15(21(3)18(22)26)20-17-23(9-11(2)10-24(14)17)13-7-5-12(19)6-8-13/h5-8,11,14-15,17,20H,4,9-10H2,1-3H3. The first kappa shape index (κ1) is 17.6. The molecule has 0 radical (unpaired) electrons. The number of urea groups is 1. The highest BCUT2D eigenvalue weighted by Crippen LogP contribution is 2.34. The number of likely N-dealkylation sites (N-methyl/N-ethyl adjacent to an activating group) is 2. The van der Waals surface area contributed by atoms with Crippen LogP contribution < -0.4 is 10.2 Å². The predicted molar refractivity (Wildman–Crippen MR) is 99.7 cm³/mol. The monoisotopic (exact) mass is 377 g/mol. The van der Waals surface area contributed by atoms with Crippen LogP contribution in [0.1, 0.15) is 13.8 Å². The molecule has 140 valence electrons. The van der Waals surface area contributed by atoms with Crippen LogP contribution in [-0.2, 0) is 4.79 Å². The number of carbonyl (C=O) groups is 2. The van der Waals surface area contributed by atoms with Gasteiger partial charge in [0.25, 0.3) is 5.91 Å². The van der Waals surface area contributed by atoms with Gasteiger partial charge < -0.3 is 9.80 Å². The number of fused-ring (bicyclic) bond motifs is 3. The van der Waals surface area contributed by atoms with E-state index in [-0.39, 0.29) is 30.4 Å². The van der Waals surface area contributed by atoms with Gasteiger partial charge in [-0.05, 0) is 37.1 Å². The number of rotatable bonds is 2. The van der Waals surface area contributed by atoms with Gasteiger partial charge >= 0.3 is 6.03 Å². The maximum absolute atomic E-state index is 13.0. The Morgan fingerprint density at radius 3 is 2.54 bits per heavy atom. The Kier molecular flexibility index (Phi) is 4.33. The topological polar surface area (TPSA) is 59.1 Å². The van der Waals surface area contributed by atoms with E-state index >= 15 is 0 Å². The van der Waals surface area contributed by atoms with Crippen LogP contribution in [0.3, 0.4) is 0 Å². The molecule has 4 unspecified atom stereocenters. The SMILES string of the molecule is CCN1C(=O)C2C(NC3N(c4ccc(Cl)cc4)CC(C)CN23)N(C)C1=O. The van der Waals surface area contributed by atoms with Gasteiger partial charge in [0.2, 0.25) is 0 Å². The van der Waals surface area contributed by atoms with Gasteiger partial charge in [-0.2, -0.15) is 0 Å². The third-order valence-electron chi connectivity index (χ3n) is 5.56. The summed E-state index contributed by atoms with van der Waals surface area (Å²) < 4.78 is 0. The molecule has 7 nitrogen and oxygen atoms in total. The van der Waals surface area contributed by atoms with Gasteiger partial charge in [-0.15, -0.1) is 0 Å². The number of halogens is 1. The first-order valence-electron chi connectivity index (χ1n) is 9.04. The molecule has 1 aromatic rings. The third-order valence-corrected chi connectivity index (χ3v) is 5.81. The third kappa shape index (κ3) is 2.57. The second-order valence-corrected chi connectivity index (χ2v) is 7.77. The fourth-order valence-electron chi connectivity index (χ4n) is 4.34. The van der Waals surface area contributed by atoms with E-state index in [1.165, 1.54) is 4.90 Å². The Hall–Kier alpha value is -1.83. The van der Waals surface area contributed by atoms with Crippen molar-refractivity contribution in [3.05, 3.63) is 29.3 Å². The number of carbonyl (C=O) groups excluding carboxylic acids is 2. The molecule has 0 aromatic heterocycles. The van der Waals surface area contributed by atoms with Crippen LogP contribution in [0.2, 0.25) is 5.02 Å². The zero-order chi connectivity index (χ0) is 18.6. The van der Waals surface area contributed by atoms with Crippen molar-refractivity contribution in [1.29, 1.82) is 0 Å². The van der Waals surface area contributed by atoms with Crippen LogP contribution in [0, 0.1) is 5.92 Å². The maximum atomic E-state index is 13.0. The van der Waals surface area contributed by atoms with E-state index < -0.39 is 0 Å². The molecule has 3 fully saturated rings. The van der Waals surface area contributed by atoms with E-state index in [1.54, 1.807) is 11.9 Å². The second-order valence-electron chi connectivity index (χ2n) is 7.34. The highest BCUT2D eigenvalue weighted by Gasteiger charge is 2.56. The number of anilines is 1. The van der Waals surface area contributed by atoms with Crippen LogP contribution in [-0.4, -0.2) is 71.8 Å². The summed E-state index contributed by atoms with van der Waals surface area (Å²) in [6.45, 7) is 6.10. The summed E-state index contributed by atoms with van der Waals surface area (Å²) >= 11 is 6.04. The summed E-state index contributed by atoms with van der Waals surface area (Å²) in [5, 5.41) is 4.21. The quantitative estimate of drug-likeness (QED) is 0.848. The van der Waals surface area contributed by atoms with Crippen LogP contribution in [0.15, 0.2) is 24.3 Å². The second kappa shape index (κ2) is 6.40. The van der Waals surface area contributed by atoms with Crippen molar-refractivity contribution < 1.29 is 9.59 Å². The lowest BCUT2D eigenvalue weighted by Crippen LogP contribution is -2.66. The summed E-state index contributed by atoms with van der Waals surface area (Å²) in [6.07, 6.45) is -0.443. The number of imide groups is 1. The van der Waals surface area contributed by atoms with Gasteiger partial charge in [-0.1, -0.05) is 18.5 Å². The average molecular weight is 378 g/mol. The Labute approximate surface area is 158 Å². The summed E-state index contributed by atoms with van der Waals surface area (Å²) in [4.78, 5) is 33.0. The smallest absolute Gasteiger partial charge is 0.327 e. The summed E-state index contributed by atoms with van der Waals surface area (Å²) in [5.41, 5.74) is 1.05. The lowest BCUT2D eigenvalue weighted by Gasteiger charge is -2.45. The van der Waals surface area contributed by atoms with Crippen molar-refractivity contribution in [2.75, 3.05) is 31.6 Å². The molecule has 0 spiro atoms. The van der Waals surface area contributed by atoms with E-state index in [2.05, 4.69) is 22.0 Å². The lowest BCUT2D eigenvalue weighted by atomic mass is 10.0. The van der Waals surface area contributed by atoms with Gasteiger partial charge in [0.05, 0.1) is 0 Å². The Bertz CT molecular complexity index is 727. The van der Waals surface area contributed by atoms with Gasteiger partial charge in [-0.25, -0.2) is 4.79 Å². The first-order chi connectivity index (χ1) is 12.4. The van der Waals surface area contributed by atoms with E-state index in [0.29, 0.717) is 17.5 Å². The molecule has 8 heteroatoms. The molecule has 0 aliphatic carbocycles. The molecule has 0 saturated carbocycles. The Morgan fingerprint density at radius 1 is 1.19 bits per heavy atom. The van der Waals surface area contributed by atoms with E-state index in [0.717, 1.165) is 18.8 Å². The first-order valence-corrected chi connectivity index (χ1v) is 9.42. The molecular weight excluding hydrogens is 354 g/mol. The summed E-state index contributed by atoms with van der Waals surface area (Å²) in [6, 6.07) is 7.15. The minimum atomic E-state index is -0.361. The Morgan fingerprint density at radius 2 is 1.88 bits per heavy atom. The van der Waals surface area contributed by atoms with E-state index in [9.17, 15) is 9.59 Å². The molecule has 26 heavy (non-hydrogen) atoms. The highest BCUT2D eigenvalue weighted by molar-refractivity contribution is 6.30. The number of amides is 3. The number of hydrogen-bond acceptors (Lipinski definition) is 5. The largest absolute Gasteiger partial charge is 0.343 e. The molecule has 0 bridgehead atoms. The maximum Gasteiger partial charge on any atom is 0.327 e. The van der Waals surface area contributed by atoms with Crippen molar-refractivity contribution >= 4 is 29.2 Å². The van der Waals surface area contributed by atoms with Gasteiger partial charge in [0, 0.05) is 37.4 Å². The number of hydrogen-bond donors (Lipinski definition) is 1. The van der Waals surface area contributed by atoms with Gasteiger partial charge in [-0.3, -0.25) is 19.9 Å². The zero-order valence-corrected chi connectivity index (χ0v) is 16.0. The molecule has 3 saturated heterocycles. The van der Waals surface area contributed by atoms with Gasteiger partial charge in [0.15, 0.2) is 0 Å². The fourth-order valence-corrected chi connectivity index (χ4v) is 4.47. The minimum Gasteiger partial charge on any atom is -0.343 e. The van der Waals surface area contributed by atoms with E-state index in [4.69, 9.17) is 11.6 Å². The molecular formula is C18H24ClN5O2. The molecule has 4 atom stereocenters. The number of nitrogens with zero attached hydrogens (tertiary/aromatic N) is 4. The molecule has 3 aliphatic heterocycles. The minimum absolute atomic E-state index is 0.110. The lowest BCUT2D eigenvalue weighted by molar-refractivity contribution is -0.138. The number of nitrogens with one attached hydrogen (secondary N) is 1. The molecule has 4 rings (SSSR count). The van der Waals surface area contributed by atoms with Crippen molar-refractivity contribution in [3.8, 4) is 0 Å². The fraction of sp³-hybridized carbons (Fsp3) is 0.556. The van der Waals surface area contributed by atoms with Crippen LogP contribution in [0.4, 0.5) is 10.5 Å².